The van der Waals surface area contributed by atoms with Crippen molar-refractivity contribution >= 4 is 17.4 Å². The predicted molar refractivity (Wildman–Crippen MR) is 131 cm³/mol. The Bertz CT molecular complexity index is 1270. The minimum atomic E-state index is 0.558. The lowest BCUT2D eigenvalue weighted by atomic mass is 10.1. The zero-order valence-corrected chi connectivity index (χ0v) is 19.5. The molecule has 8 heteroatoms. The number of nitriles is 1. The van der Waals surface area contributed by atoms with Crippen LogP contribution in [0.5, 0.6) is 0 Å². The lowest BCUT2D eigenvalue weighted by Gasteiger charge is -2.28. The maximum Gasteiger partial charge on any atom is 0.140 e. The molecule has 1 aliphatic heterocycles. The first-order chi connectivity index (χ1) is 16.8. The molecule has 3 heterocycles. The molecule has 0 N–H and O–H groups in total. The number of benzene rings is 2. The van der Waals surface area contributed by atoms with Crippen LogP contribution in [0.25, 0.3) is 0 Å². The summed E-state index contributed by atoms with van der Waals surface area (Å²) in [5.41, 5.74) is 4.10. The fourth-order valence-electron chi connectivity index (χ4n) is 3.87. The molecule has 0 unspecified atom stereocenters. The highest BCUT2D eigenvalue weighted by Crippen LogP contribution is 2.26. The van der Waals surface area contributed by atoms with Crippen molar-refractivity contribution in [3.05, 3.63) is 96.0 Å². The van der Waals surface area contributed by atoms with E-state index in [-0.39, 0.29) is 0 Å². The molecule has 0 saturated carbocycles. The summed E-state index contributed by atoms with van der Waals surface area (Å²) < 4.78 is 7.28. The van der Waals surface area contributed by atoms with Gasteiger partial charge in [-0.05, 0) is 41.5 Å². The van der Waals surface area contributed by atoms with E-state index < -0.39 is 0 Å². The average Bonchev–Trinajstić information content (AvgIpc) is 3.33. The molecule has 0 amide bonds. The number of imidazole rings is 1. The Balaban J connectivity index is 1.21. The van der Waals surface area contributed by atoms with E-state index >= 15 is 0 Å². The molecular formula is C26H24N6OS. The quantitative estimate of drug-likeness (QED) is 0.377. The van der Waals surface area contributed by atoms with Gasteiger partial charge in [0.25, 0.3) is 0 Å². The maximum atomic E-state index is 9.14. The third-order valence-electron chi connectivity index (χ3n) is 5.68. The molecule has 0 aliphatic carbocycles. The summed E-state index contributed by atoms with van der Waals surface area (Å²) in [5, 5.41) is 10.1. The molecule has 34 heavy (non-hydrogen) atoms. The van der Waals surface area contributed by atoms with Crippen molar-refractivity contribution in [3.63, 3.8) is 0 Å². The predicted octanol–water partition coefficient (Wildman–Crippen LogP) is 4.17. The van der Waals surface area contributed by atoms with Gasteiger partial charge in [-0.25, -0.2) is 15.0 Å². The Morgan fingerprint density at radius 1 is 0.971 bits per heavy atom. The number of nitrogens with zero attached hydrogens (tertiary/aromatic N) is 6. The van der Waals surface area contributed by atoms with E-state index in [1.807, 2.05) is 16.8 Å². The molecule has 1 fully saturated rings. The monoisotopic (exact) mass is 468 g/mol. The van der Waals surface area contributed by atoms with Gasteiger partial charge in [0.1, 0.15) is 22.6 Å². The van der Waals surface area contributed by atoms with Crippen LogP contribution < -0.4 is 4.90 Å². The molecule has 2 aromatic heterocycles. The van der Waals surface area contributed by atoms with E-state index in [2.05, 4.69) is 69.5 Å². The second-order valence-electron chi connectivity index (χ2n) is 8.02. The van der Waals surface area contributed by atoms with Gasteiger partial charge >= 0.3 is 0 Å². The van der Waals surface area contributed by atoms with Crippen molar-refractivity contribution in [1.29, 1.82) is 5.26 Å². The van der Waals surface area contributed by atoms with Gasteiger partial charge in [-0.15, -0.1) is 0 Å². The Morgan fingerprint density at radius 3 is 2.50 bits per heavy atom. The second kappa shape index (κ2) is 10.5. The number of aromatic nitrogens is 4. The van der Waals surface area contributed by atoms with Crippen LogP contribution in [-0.4, -0.2) is 45.8 Å². The Labute approximate surface area is 203 Å². The minimum Gasteiger partial charge on any atom is -0.378 e. The lowest BCUT2D eigenvalue weighted by Crippen LogP contribution is -2.36. The van der Waals surface area contributed by atoms with Crippen LogP contribution in [0.1, 0.15) is 22.6 Å². The van der Waals surface area contributed by atoms with Crippen molar-refractivity contribution in [2.45, 2.75) is 22.9 Å². The fourth-order valence-corrected chi connectivity index (χ4v) is 4.66. The summed E-state index contributed by atoms with van der Waals surface area (Å²) in [6, 6.07) is 21.0. The van der Waals surface area contributed by atoms with Gasteiger partial charge in [-0.2, -0.15) is 5.26 Å². The first-order valence-corrected chi connectivity index (χ1v) is 12.0. The highest BCUT2D eigenvalue weighted by Gasteiger charge is 2.11. The van der Waals surface area contributed by atoms with Crippen molar-refractivity contribution in [2.75, 3.05) is 31.2 Å². The summed E-state index contributed by atoms with van der Waals surface area (Å²) in [5.74, 6) is 0.810. The van der Waals surface area contributed by atoms with Crippen LogP contribution in [0, 0.1) is 11.3 Å². The number of hydrogen-bond donors (Lipinski definition) is 0. The molecule has 4 aromatic rings. The van der Waals surface area contributed by atoms with Crippen LogP contribution in [0.15, 0.2) is 83.2 Å². The Morgan fingerprint density at radius 2 is 1.74 bits per heavy atom. The van der Waals surface area contributed by atoms with Gasteiger partial charge in [0.2, 0.25) is 0 Å². The van der Waals surface area contributed by atoms with Crippen molar-refractivity contribution in [3.8, 4) is 6.07 Å². The van der Waals surface area contributed by atoms with Crippen molar-refractivity contribution in [2.24, 2.45) is 0 Å². The molecule has 5 rings (SSSR count). The molecule has 0 atom stereocenters. The summed E-state index contributed by atoms with van der Waals surface area (Å²) in [4.78, 5) is 16.7. The Kier molecular flexibility index (Phi) is 6.84. The molecular weight excluding hydrogens is 444 g/mol. The Hall–Kier alpha value is -3.67. The van der Waals surface area contributed by atoms with E-state index in [0.717, 1.165) is 47.6 Å². The standard InChI is InChI=1S/C26H24N6OS/c27-16-23-17-28-19-32(23)18-21-3-7-24(8-4-21)34-26-9-10-29-25(30-26)15-20-1-5-22(6-2-20)31-11-13-33-14-12-31/h1-10,17,19H,11-15,18H2. The zero-order chi connectivity index (χ0) is 23.2. The molecule has 1 aliphatic rings. The van der Waals surface area contributed by atoms with Crippen LogP contribution in [0.2, 0.25) is 0 Å². The van der Waals surface area contributed by atoms with E-state index in [1.165, 1.54) is 11.3 Å². The van der Waals surface area contributed by atoms with E-state index in [1.54, 1.807) is 24.3 Å². The number of hydrogen-bond acceptors (Lipinski definition) is 7. The first kappa shape index (κ1) is 22.1. The third-order valence-corrected chi connectivity index (χ3v) is 6.62. The number of morpholine rings is 1. The summed E-state index contributed by atoms with van der Waals surface area (Å²) in [7, 11) is 0. The smallest absolute Gasteiger partial charge is 0.140 e. The second-order valence-corrected chi connectivity index (χ2v) is 9.11. The van der Waals surface area contributed by atoms with Gasteiger partial charge < -0.3 is 14.2 Å². The van der Waals surface area contributed by atoms with Gasteiger partial charge in [0.05, 0.1) is 25.7 Å². The summed E-state index contributed by atoms with van der Waals surface area (Å²) >= 11 is 1.62. The first-order valence-electron chi connectivity index (χ1n) is 11.2. The van der Waals surface area contributed by atoms with Gasteiger partial charge in [0.15, 0.2) is 0 Å². The van der Waals surface area contributed by atoms with Crippen molar-refractivity contribution in [1.82, 2.24) is 19.5 Å². The molecule has 0 bridgehead atoms. The SMILES string of the molecule is N#Cc1cncn1Cc1ccc(Sc2ccnc(Cc3ccc(N4CCOCC4)cc3)n2)cc1. The molecule has 2 aromatic carbocycles. The number of ether oxygens (including phenoxy) is 1. The van der Waals surface area contributed by atoms with Gasteiger partial charge in [-0.3, -0.25) is 0 Å². The number of rotatable bonds is 7. The van der Waals surface area contributed by atoms with Crippen LogP contribution in [-0.2, 0) is 17.7 Å². The zero-order valence-electron chi connectivity index (χ0n) is 18.7. The van der Waals surface area contributed by atoms with Gasteiger partial charge in [-0.1, -0.05) is 36.0 Å². The number of anilines is 1. The van der Waals surface area contributed by atoms with Crippen LogP contribution in [0.4, 0.5) is 5.69 Å². The summed E-state index contributed by atoms with van der Waals surface area (Å²) in [6.07, 6.45) is 5.78. The largest absolute Gasteiger partial charge is 0.378 e. The third kappa shape index (κ3) is 5.45. The molecule has 0 spiro atoms. The average molecular weight is 469 g/mol. The van der Waals surface area contributed by atoms with E-state index in [4.69, 9.17) is 15.0 Å². The van der Waals surface area contributed by atoms with Crippen LogP contribution in [0.3, 0.4) is 0 Å². The topological polar surface area (TPSA) is 79.9 Å². The molecule has 170 valence electrons. The van der Waals surface area contributed by atoms with E-state index in [9.17, 15) is 0 Å². The lowest BCUT2D eigenvalue weighted by molar-refractivity contribution is 0.122. The van der Waals surface area contributed by atoms with Gasteiger partial charge in [0, 0.05) is 42.8 Å². The van der Waals surface area contributed by atoms with E-state index in [0.29, 0.717) is 18.7 Å². The normalized spacial score (nSPS) is 13.6. The fraction of sp³-hybridized carbons (Fsp3) is 0.231. The van der Waals surface area contributed by atoms with Crippen molar-refractivity contribution < 1.29 is 4.74 Å². The molecule has 1 saturated heterocycles. The highest BCUT2D eigenvalue weighted by atomic mass is 32.2. The summed E-state index contributed by atoms with van der Waals surface area (Å²) in [6.45, 7) is 4.07. The molecule has 7 nitrogen and oxygen atoms in total. The van der Waals surface area contributed by atoms with Crippen LogP contribution >= 0.6 is 11.8 Å². The maximum absolute atomic E-state index is 9.14. The molecule has 0 radical (unpaired) electrons. The highest BCUT2D eigenvalue weighted by molar-refractivity contribution is 7.99. The minimum absolute atomic E-state index is 0.558.